The zero-order valence-electron chi connectivity index (χ0n) is 34.7. The molecule has 3 heterocycles. The number of hydrogen-bond acceptors (Lipinski definition) is 2. The highest BCUT2D eigenvalue weighted by molar-refractivity contribution is 7.26. The van der Waals surface area contributed by atoms with Crippen LogP contribution in [0.2, 0.25) is 0 Å². The van der Waals surface area contributed by atoms with Crippen molar-refractivity contribution in [3.05, 3.63) is 156 Å². The summed E-state index contributed by atoms with van der Waals surface area (Å²) in [6, 6.07) is 53.8. The van der Waals surface area contributed by atoms with Gasteiger partial charge in [0.2, 0.25) is 6.71 Å². The van der Waals surface area contributed by atoms with Crippen molar-refractivity contribution in [3.63, 3.8) is 0 Å². The molecule has 0 amide bonds. The third-order valence-corrected chi connectivity index (χ3v) is 13.7. The summed E-state index contributed by atoms with van der Waals surface area (Å²) in [4.78, 5) is 2.62. The Morgan fingerprint density at radius 3 is 1.75 bits per heavy atom. The van der Waals surface area contributed by atoms with Crippen molar-refractivity contribution in [1.82, 2.24) is 0 Å². The highest BCUT2D eigenvalue weighted by Crippen LogP contribution is 2.49. The summed E-state index contributed by atoms with van der Waals surface area (Å²) in [6.07, 6.45) is 0. The number of rotatable bonds is 3. The van der Waals surface area contributed by atoms with Crippen molar-refractivity contribution in [2.24, 2.45) is 0 Å². The average molecular weight is 756 g/mol. The molecule has 57 heavy (non-hydrogen) atoms. The van der Waals surface area contributed by atoms with E-state index >= 15 is 0 Å². The minimum atomic E-state index is 0.00410. The fourth-order valence-corrected chi connectivity index (χ4v) is 10.5. The fraction of sp³-hybridized carbons (Fsp3) is 0.222. The zero-order chi connectivity index (χ0) is 39.6. The predicted octanol–water partition coefficient (Wildman–Crippen LogP) is 13.6. The van der Waals surface area contributed by atoms with Gasteiger partial charge >= 0.3 is 0 Å². The lowest BCUT2D eigenvalue weighted by Crippen LogP contribution is -2.55. The van der Waals surface area contributed by atoms with Crippen molar-refractivity contribution in [3.8, 4) is 33.4 Å². The lowest BCUT2D eigenvalue weighted by Gasteiger charge is -2.38. The number of anilines is 3. The van der Waals surface area contributed by atoms with E-state index in [1.54, 1.807) is 0 Å². The second-order valence-corrected chi connectivity index (χ2v) is 20.5. The molecule has 0 N–H and O–H groups in total. The van der Waals surface area contributed by atoms with Gasteiger partial charge in [-0.15, -0.1) is 11.3 Å². The zero-order valence-corrected chi connectivity index (χ0v) is 35.5. The fourth-order valence-electron chi connectivity index (χ4n) is 9.40. The van der Waals surface area contributed by atoms with E-state index in [9.17, 15) is 0 Å². The van der Waals surface area contributed by atoms with Crippen LogP contribution in [0.25, 0.3) is 53.6 Å². The molecule has 0 aliphatic carbocycles. The number of fused-ring (bicyclic) bond motifs is 8. The van der Waals surface area contributed by atoms with E-state index in [2.05, 4.69) is 207 Å². The molecule has 8 aromatic rings. The Morgan fingerprint density at radius 2 is 1.04 bits per heavy atom. The lowest BCUT2D eigenvalue weighted by atomic mass is 9.36. The van der Waals surface area contributed by atoms with E-state index < -0.39 is 0 Å². The van der Waals surface area contributed by atoms with E-state index in [4.69, 9.17) is 0 Å². The summed E-state index contributed by atoms with van der Waals surface area (Å²) in [6.45, 7) is 21.1. The Hall–Kier alpha value is -5.38. The quantitative estimate of drug-likeness (QED) is 0.162. The first-order chi connectivity index (χ1) is 27.2. The van der Waals surface area contributed by atoms with Gasteiger partial charge in [0.25, 0.3) is 0 Å². The van der Waals surface area contributed by atoms with Gasteiger partial charge in [-0.25, -0.2) is 0 Å². The smallest absolute Gasteiger partial charge is 0.248 e. The summed E-state index contributed by atoms with van der Waals surface area (Å²) >= 11 is 1.89. The molecule has 2 aliphatic rings. The first-order valence-electron chi connectivity index (χ1n) is 20.5. The normalized spacial score (nSPS) is 13.6. The maximum atomic E-state index is 2.62. The minimum absolute atomic E-state index is 0.00410. The van der Waals surface area contributed by atoms with E-state index in [0.29, 0.717) is 0 Å². The van der Waals surface area contributed by atoms with Crippen molar-refractivity contribution >= 4 is 71.7 Å². The molecule has 7 aromatic carbocycles. The lowest BCUT2D eigenvalue weighted by molar-refractivity contribution is 0.590. The largest absolute Gasteiger partial charge is 0.311 e. The summed E-state index contributed by atoms with van der Waals surface area (Å²) in [5.74, 6) is 0. The molecular weight excluding hydrogens is 705 g/mol. The second-order valence-electron chi connectivity index (χ2n) is 19.4. The summed E-state index contributed by atoms with van der Waals surface area (Å²) in [5.41, 5.74) is 19.8. The Bertz CT molecular complexity index is 2910. The predicted molar refractivity (Wildman–Crippen MR) is 251 cm³/mol. The molecule has 280 valence electrons. The van der Waals surface area contributed by atoms with Crippen molar-refractivity contribution < 1.29 is 0 Å². The van der Waals surface area contributed by atoms with Gasteiger partial charge in [0.15, 0.2) is 0 Å². The molecule has 0 bridgehead atoms. The van der Waals surface area contributed by atoms with E-state index in [-0.39, 0.29) is 23.0 Å². The topological polar surface area (TPSA) is 3.24 Å². The van der Waals surface area contributed by atoms with E-state index in [0.717, 1.165) is 0 Å². The van der Waals surface area contributed by atoms with Crippen LogP contribution in [0.5, 0.6) is 0 Å². The number of thiophene rings is 1. The van der Waals surface area contributed by atoms with Gasteiger partial charge in [0, 0.05) is 37.1 Å². The molecule has 0 atom stereocenters. The molecule has 0 fully saturated rings. The molecule has 0 saturated carbocycles. The molecule has 1 nitrogen and oxygen atoms in total. The summed E-state index contributed by atoms with van der Waals surface area (Å²) < 4.78 is 2.66. The van der Waals surface area contributed by atoms with E-state index in [1.165, 1.54) is 104 Å². The van der Waals surface area contributed by atoms with Crippen LogP contribution in [-0.4, -0.2) is 6.71 Å². The highest BCUT2D eigenvalue weighted by atomic mass is 32.1. The summed E-state index contributed by atoms with van der Waals surface area (Å²) in [5, 5.41) is 2.68. The van der Waals surface area contributed by atoms with Crippen molar-refractivity contribution in [2.75, 3.05) is 4.90 Å². The molecule has 0 unspecified atom stereocenters. The second kappa shape index (κ2) is 12.6. The van der Waals surface area contributed by atoms with Crippen LogP contribution in [0.1, 0.15) is 79.0 Å². The minimum Gasteiger partial charge on any atom is -0.311 e. The van der Waals surface area contributed by atoms with Crippen LogP contribution >= 0.6 is 11.3 Å². The molecule has 0 spiro atoms. The third-order valence-electron chi connectivity index (χ3n) is 12.6. The van der Waals surface area contributed by atoms with Gasteiger partial charge in [-0.1, -0.05) is 165 Å². The van der Waals surface area contributed by atoms with Gasteiger partial charge in [0.05, 0.1) is 5.69 Å². The monoisotopic (exact) mass is 755 g/mol. The molecular formula is C54H50BNS. The molecule has 1 aromatic heterocycles. The van der Waals surface area contributed by atoms with Crippen LogP contribution < -0.4 is 21.3 Å². The van der Waals surface area contributed by atoms with Crippen LogP contribution in [0.3, 0.4) is 0 Å². The van der Waals surface area contributed by atoms with Crippen molar-refractivity contribution in [2.45, 2.75) is 78.6 Å². The van der Waals surface area contributed by atoms with Gasteiger partial charge in [-0.05, 0) is 114 Å². The Balaban J connectivity index is 1.34. The first kappa shape index (κ1) is 36.0. The Kier molecular flexibility index (Phi) is 7.93. The molecule has 0 saturated heterocycles. The Labute approximate surface area is 343 Å². The van der Waals surface area contributed by atoms with Crippen LogP contribution in [0.15, 0.2) is 140 Å². The van der Waals surface area contributed by atoms with Crippen molar-refractivity contribution in [1.29, 1.82) is 0 Å². The number of hydrogen-bond donors (Lipinski definition) is 0. The standard InChI is InChI=1S/C54H50BNS/c1-52(2,3)35-23-26-45(41(30-35)33-16-11-10-12-17-33)56-46-27-24-37(54(7,8)9)32-44(46)55-43-31-36(53(4,5)6)22-25-39(43)42-28-34(29-47(56)51(42)55)38-19-15-21-49-50(38)40-18-13-14-20-48(40)57-49/h10-32H,1-9H3. The molecule has 0 radical (unpaired) electrons. The average Bonchev–Trinajstić information content (AvgIpc) is 3.73. The number of benzene rings is 7. The van der Waals surface area contributed by atoms with E-state index in [1.807, 2.05) is 11.3 Å². The van der Waals surface area contributed by atoms with Gasteiger partial charge in [-0.2, -0.15) is 0 Å². The SMILES string of the molecule is CC(C)(C)c1ccc2c(c1)B1c3cc(C(C)(C)C)ccc3N(c3ccc(C(C)(C)C)cc3-c3ccccc3)c3cc(-c4cccc5sc6ccccc6c45)cc-2c31. The van der Waals surface area contributed by atoms with Gasteiger partial charge in [-0.3, -0.25) is 0 Å². The third kappa shape index (κ3) is 5.72. The Morgan fingerprint density at radius 1 is 0.421 bits per heavy atom. The van der Waals surface area contributed by atoms with Crippen LogP contribution in [0, 0.1) is 0 Å². The van der Waals surface area contributed by atoms with Gasteiger partial charge in [0.1, 0.15) is 0 Å². The van der Waals surface area contributed by atoms with Gasteiger partial charge < -0.3 is 4.90 Å². The molecule has 3 heteroatoms. The highest BCUT2D eigenvalue weighted by Gasteiger charge is 2.44. The number of nitrogens with zero attached hydrogens (tertiary/aromatic N) is 1. The van der Waals surface area contributed by atoms with Crippen LogP contribution in [0.4, 0.5) is 17.1 Å². The molecule has 2 aliphatic heterocycles. The maximum Gasteiger partial charge on any atom is 0.248 e. The molecule has 10 rings (SSSR count). The summed E-state index contributed by atoms with van der Waals surface area (Å²) in [7, 11) is 0. The first-order valence-corrected chi connectivity index (χ1v) is 21.4. The maximum absolute atomic E-state index is 2.62. The van der Waals surface area contributed by atoms with Crippen LogP contribution in [-0.2, 0) is 16.2 Å².